The number of morpholine rings is 1. The van der Waals surface area contributed by atoms with E-state index in [1.54, 1.807) is 0 Å². The van der Waals surface area contributed by atoms with Gasteiger partial charge >= 0.3 is 5.97 Å². The van der Waals surface area contributed by atoms with Gasteiger partial charge < -0.3 is 14.4 Å². The fourth-order valence-electron chi connectivity index (χ4n) is 1.77. The number of carbonyl (C=O) groups excluding carboxylic acids is 1. The largest absolute Gasteiger partial charge is 0.446 e. The smallest absolute Gasteiger partial charge is 0.304 e. The summed E-state index contributed by atoms with van der Waals surface area (Å²) in [5, 5.41) is 0. The zero-order chi connectivity index (χ0) is 13.6. The minimum absolute atomic E-state index is 0.175. The monoisotopic (exact) mass is 254 g/mol. The molecule has 0 aliphatic carbocycles. The topological polar surface area (TPSA) is 40.0 Å². The molecule has 0 bridgehead atoms. The standard InChI is InChI=1S/C14H23NO3/c1-12(2)14(4,18-13(3)16)6-5-7-15-8-10-17-11-9-15/h12H,7-11H2,1-4H3/p+1/t14-/m1/s1. The molecule has 0 aromatic carbocycles. The molecule has 1 N–H and O–H groups in total. The maximum absolute atomic E-state index is 11.1. The molecule has 0 saturated carbocycles. The highest BCUT2D eigenvalue weighted by Gasteiger charge is 2.29. The Labute approximate surface area is 110 Å². The molecule has 0 spiro atoms. The van der Waals surface area contributed by atoms with Crippen molar-refractivity contribution in [3.63, 3.8) is 0 Å². The molecule has 0 radical (unpaired) electrons. The molecule has 0 unspecified atom stereocenters. The van der Waals surface area contributed by atoms with Gasteiger partial charge in [-0.05, 0) is 18.8 Å². The lowest BCUT2D eigenvalue weighted by atomic mass is 9.93. The van der Waals surface area contributed by atoms with Gasteiger partial charge in [0, 0.05) is 12.8 Å². The zero-order valence-electron chi connectivity index (χ0n) is 11.8. The number of nitrogens with one attached hydrogen (secondary N) is 1. The zero-order valence-corrected chi connectivity index (χ0v) is 11.8. The molecule has 1 atom stereocenters. The van der Waals surface area contributed by atoms with Gasteiger partial charge in [0.1, 0.15) is 19.6 Å². The van der Waals surface area contributed by atoms with Gasteiger partial charge in [-0.1, -0.05) is 13.8 Å². The van der Waals surface area contributed by atoms with E-state index in [2.05, 4.69) is 11.8 Å². The summed E-state index contributed by atoms with van der Waals surface area (Å²) in [6.07, 6.45) is 0. The molecular weight excluding hydrogens is 230 g/mol. The van der Waals surface area contributed by atoms with Gasteiger partial charge in [0.25, 0.3) is 0 Å². The lowest BCUT2D eigenvalue weighted by Gasteiger charge is -2.27. The van der Waals surface area contributed by atoms with E-state index in [-0.39, 0.29) is 11.9 Å². The third-order valence-electron chi connectivity index (χ3n) is 3.33. The summed E-state index contributed by atoms with van der Waals surface area (Å²) >= 11 is 0. The van der Waals surface area contributed by atoms with Crippen LogP contribution in [-0.2, 0) is 14.3 Å². The van der Waals surface area contributed by atoms with Crippen LogP contribution in [0.15, 0.2) is 0 Å². The van der Waals surface area contributed by atoms with Gasteiger partial charge in [-0.25, -0.2) is 0 Å². The van der Waals surface area contributed by atoms with E-state index in [1.807, 2.05) is 20.8 Å². The van der Waals surface area contributed by atoms with Gasteiger partial charge in [-0.3, -0.25) is 4.79 Å². The van der Waals surface area contributed by atoms with Gasteiger partial charge in [-0.2, -0.15) is 0 Å². The lowest BCUT2D eigenvalue weighted by Crippen LogP contribution is -3.14. The third kappa shape index (κ3) is 4.67. The Morgan fingerprint density at radius 1 is 1.44 bits per heavy atom. The maximum atomic E-state index is 11.1. The average molecular weight is 254 g/mol. The van der Waals surface area contributed by atoms with Crippen molar-refractivity contribution in [2.24, 2.45) is 5.92 Å². The highest BCUT2D eigenvalue weighted by Crippen LogP contribution is 2.20. The summed E-state index contributed by atoms with van der Waals surface area (Å²) in [6.45, 7) is 11.7. The van der Waals surface area contributed by atoms with Crippen LogP contribution in [0.4, 0.5) is 0 Å². The first-order valence-electron chi connectivity index (χ1n) is 6.55. The molecule has 1 fully saturated rings. The van der Waals surface area contributed by atoms with Crippen LogP contribution in [0.5, 0.6) is 0 Å². The van der Waals surface area contributed by atoms with Crippen LogP contribution < -0.4 is 4.90 Å². The van der Waals surface area contributed by atoms with E-state index < -0.39 is 5.60 Å². The number of esters is 1. The highest BCUT2D eigenvalue weighted by atomic mass is 16.6. The van der Waals surface area contributed by atoms with Crippen LogP contribution in [0, 0.1) is 17.8 Å². The van der Waals surface area contributed by atoms with Gasteiger partial charge in [-0.15, -0.1) is 0 Å². The molecule has 0 aromatic rings. The number of hydrogen-bond donors (Lipinski definition) is 1. The quantitative estimate of drug-likeness (QED) is 0.564. The van der Waals surface area contributed by atoms with Crippen molar-refractivity contribution >= 4 is 5.97 Å². The van der Waals surface area contributed by atoms with E-state index >= 15 is 0 Å². The SMILES string of the molecule is CC(=O)O[C@](C)(C#CC[NH+]1CCOCC1)C(C)C. The molecule has 1 aliphatic heterocycles. The number of ether oxygens (including phenoxy) is 2. The normalized spacial score (nSPS) is 19.8. The molecule has 1 aliphatic rings. The van der Waals surface area contributed by atoms with Crippen molar-refractivity contribution < 1.29 is 19.2 Å². The van der Waals surface area contributed by atoms with E-state index in [4.69, 9.17) is 9.47 Å². The summed E-state index contributed by atoms with van der Waals surface area (Å²) in [5.41, 5.74) is -0.683. The molecule has 102 valence electrons. The van der Waals surface area contributed by atoms with Crippen LogP contribution in [0.1, 0.15) is 27.7 Å². The molecular formula is C14H24NO3+. The molecule has 0 amide bonds. The second-order valence-electron chi connectivity index (χ2n) is 5.20. The van der Waals surface area contributed by atoms with Crippen molar-refractivity contribution in [3.8, 4) is 11.8 Å². The molecule has 1 rings (SSSR count). The summed E-state index contributed by atoms with van der Waals surface area (Å²) < 4.78 is 10.6. The Balaban J connectivity index is 2.57. The fourth-order valence-corrected chi connectivity index (χ4v) is 1.77. The van der Waals surface area contributed by atoms with Gasteiger partial charge in [0.05, 0.1) is 13.2 Å². The summed E-state index contributed by atoms with van der Waals surface area (Å²) in [5.74, 6) is 6.18. The Kier molecular flexibility index (Phi) is 5.64. The minimum atomic E-state index is -0.683. The average Bonchev–Trinajstić information content (AvgIpc) is 2.29. The lowest BCUT2D eigenvalue weighted by molar-refractivity contribution is -0.900. The Bertz CT molecular complexity index is 337. The summed E-state index contributed by atoms with van der Waals surface area (Å²) in [4.78, 5) is 12.5. The number of quaternary nitrogens is 1. The van der Waals surface area contributed by atoms with Crippen LogP contribution in [0.25, 0.3) is 0 Å². The molecule has 1 heterocycles. The fraction of sp³-hybridized carbons (Fsp3) is 0.786. The second-order valence-corrected chi connectivity index (χ2v) is 5.20. The van der Waals surface area contributed by atoms with E-state index in [0.717, 1.165) is 32.8 Å². The van der Waals surface area contributed by atoms with Crippen molar-refractivity contribution in [3.05, 3.63) is 0 Å². The van der Waals surface area contributed by atoms with E-state index in [9.17, 15) is 4.79 Å². The van der Waals surface area contributed by atoms with Gasteiger partial charge in [0.2, 0.25) is 0 Å². The number of rotatable bonds is 3. The van der Waals surface area contributed by atoms with E-state index in [0.29, 0.717) is 0 Å². The predicted molar refractivity (Wildman–Crippen MR) is 69.2 cm³/mol. The van der Waals surface area contributed by atoms with Crippen LogP contribution in [0.2, 0.25) is 0 Å². The van der Waals surface area contributed by atoms with Crippen LogP contribution in [0.3, 0.4) is 0 Å². The molecule has 0 aromatic heterocycles. The predicted octanol–water partition coefficient (Wildman–Crippen LogP) is -0.117. The third-order valence-corrected chi connectivity index (χ3v) is 3.33. The van der Waals surface area contributed by atoms with Crippen LogP contribution >= 0.6 is 0 Å². The number of carbonyl (C=O) groups is 1. The summed E-state index contributed by atoms with van der Waals surface area (Å²) in [7, 11) is 0. The Hall–Kier alpha value is -1.05. The molecule has 18 heavy (non-hydrogen) atoms. The van der Waals surface area contributed by atoms with Crippen molar-refractivity contribution in [2.45, 2.75) is 33.3 Å². The van der Waals surface area contributed by atoms with Crippen LogP contribution in [-0.4, -0.2) is 44.4 Å². The van der Waals surface area contributed by atoms with E-state index in [1.165, 1.54) is 11.8 Å². The first-order chi connectivity index (χ1) is 8.44. The van der Waals surface area contributed by atoms with Gasteiger partial charge in [0.15, 0.2) is 5.60 Å². The van der Waals surface area contributed by atoms with Crippen molar-refractivity contribution in [1.29, 1.82) is 0 Å². The second kappa shape index (κ2) is 6.77. The van der Waals surface area contributed by atoms with Crippen molar-refractivity contribution in [1.82, 2.24) is 0 Å². The first kappa shape index (κ1) is 15.0. The minimum Gasteiger partial charge on any atom is -0.446 e. The number of hydrogen-bond acceptors (Lipinski definition) is 3. The maximum Gasteiger partial charge on any atom is 0.304 e. The molecule has 4 nitrogen and oxygen atoms in total. The summed E-state index contributed by atoms with van der Waals surface area (Å²) in [6, 6.07) is 0. The Morgan fingerprint density at radius 3 is 2.56 bits per heavy atom. The first-order valence-corrected chi connectivity index (χ1v) is 6.55. The highest BCUT2D eigenvalue weighted by molar-refractivity contribution is 5.67. The molecule has 1 saturated heterocycles. The van der Waals surface area contributed by atoms with Crippen molar-refractivity contribution in [2.75, 3.05) is 32.8 Å². The molecule has 4 heteroatoms. The Morgan fingerprint density at radius 2 is 2.06 bits per heavy atom.